The molecule has 3 aromatic rings. The van der Waals surface area contributed by atoms with E-state index in [0.717, 1.165) is 19.2 Å². The molecule has 34 heavy (non-hydrogen) atoms. The summed E-state index contributed by atoms with van der Waals surface area (Å²) >= 11 is 0. The van der Waals surface area contributed by atoms with Crippen molar-refractivity contribution in [2.45, 2.75) is 6.04 Å². The number of benzene rings is 2. The third-order valence-corrected chi connectivity index (χ3v) is 6.42. The van der Waals surface area contributed by atoms with Gasteiger partial charge in [0, 0.05) is 31.7 Å². The molecule has 0 aliphatic carbocycles. The molecule has 5 rings (SSSR count). The van der Waals surface area contributed by atoms with E-state index in [4.69, 9.17) is 18.6 Å². The van der Waals surface area contributed by atoms with E-state index in [9.17, 15) is 14.0 Å². The van der Waals surface area contributed by atoms with Crippen LogP contribution in [0.25, 0.3) is 11.0 Å². The van der Waals surface area contributed by atoms with Gasteiger partial charge in [0.2, 0.25) is 5.76 Å². The SMILES string of the molecule is COc1ccc(OC)c([C@H]2c3c(oc4ccc(F)cc4c3=O)C(=O)N2CCN2CCOCC2)c1. The van der Waals surface area contributed by atoms with E-state index in [0.29, 0.717) is 43.4 Å². The Morgan fingerprint density at radius 1 is 1.03 bits per heavy atom. The van der Waals surface area contributed by atoms with Crippen LogP contribution in [0.5, 0.6) is 11.5 Å². The second-order valence-electron chi connectivity index (χ2n) is 8.28. The van der Waals surface area contributed by atoms with Crippen molar-refractivity contribution >= 4 is 16.9 Å². The Morgan fingerprint density at radius 2 is 1.82 bits per heavy atom. The second kappa shape index (κ2) is 9.08. The van der Waals surface area contributed by atoms with Crippen LogP contribution >= 0.6 is 0 Å². The largest absolute Gasteiger partial charge is 0.497 e. The lowest BCUT2D eigenvalue weighted by Gasteiger charge is -2.31. The van der Waals surface area contributed by atoms with Crippen LogP contribution in [-0.4, -0.2) is 69.3 Å². The lowest BCUT2D eigenvalue weighted by molar-refractivity contribution is 0.0314. The lowest BCUT2D eigenvalue weighted by atomic mass is 9.97. The number of rotatable bonds is 6. The van der Waals surface area contributed by atoms with Crippen LogP contribution in [0.2, 0.25) is 0 Å². The van der Waals surface area contributed by atoms with E-state index >= 15 is 0 Å². The van der Waals surface area contributed by atoms with Gasteiger partial charge < -0.3 is 23.5 Å². The fourth-order valence-corrected chi connectivity index (χ4v) is 4.67. The Labute approximate surface area is 195 Å². The van der Waals surface area contributed by atoms with Crippen molar-refractivity contribution in [3.05, 3.63) is 69.3 Å². The molecule has 1 aromatic heterocycles. The Kier molecular flexibility index (Phi) is 5.97. The first-order valence-corrected chi connectivity index (χ1v) is 11.1. The third-order valence-electron chi connectivity index (χ3n) is 6.42. The molecule has 1 saturated heterocycles. The van der Waals surface area contributed by atoms with Crippen molar-refractivity contribution in [3.63, 3.8) is 0 Å². The molecule has 8 nitrogen and oxygen atoms in total. The number of methoxy groups -OCH3 is 2. The summed E-state index contributed by atoms with van der Waals surface area (Å²) in [5.41, 5.74) is 0.508. The highest BCUT2D eigenvalue weighted by atomic mass is 19.1. The topological polar surface area (TPSA) is 81.5 Å². The molecule has 3 heterocycles. The number of carbonyl (C=O) groups excluding carboxylic acids is 1. The summed E-state index contributed by atoms with van der Waals surface area (Å²) in [6.45, 7) is 3.77. The third kappa shape index (κ3) is 3.80. The summed E-state index contributed by atoms with van der Waals surface area (Å²) in [6, 6.07) is 8.19. The molecule has 2 aromatic carbocycles. The smallest absolute Gasteiger partial charge is 0.290 e. The zero-order chi connectivity index (χ0) is 23.8. The molecule has 1 fully saturated rings. The predicted octanol–water partition coefficient (Wildman–Crippen LogP) is 2.83. The van der Waals surface area contributed by atoms with E-state index in [1.54, 1.807) is 30.2 Å². The van der Waals surface area contributed by atoms with Gasteiger partial charge in [0.05, 0.1) is 44.4 Å². The first kappa shape index (κ1) is 22.4. The molecule has 0 saturated carbocycles. The highest BCUT2D eigenvalue weighted by molar-refractivity contribution is 5.99. The Balaban J connectivity index is 1.66. The Hall–Kier alpha value is -3.43. The molecule has 0 bridgehead atoms. The summed E-state index contributed by atoms with van der Waals surface area (Å²) < 4.78 is 36.3. The van der Waals surface area contributed by atoms with Gasteiger partial charge in [-0.3, -0.25) is 14.5 Å². The molecular weight excluding hydrogens is 443 g/mol. The number of halogens is 1. The molecular formula is C25H25FN2O6. The number of hydrogen-bond acceptors (Lipinski definition) is 7. The molecule has 0 radical (unpaired) electrons. The monoisotopic (exact) mass is 468 g/mol. The zero-order valence-electron chi connectivity index (χ0n) is 19.0. The van der Waals surface area contributed by atoms with E-state index in [1.807, 2.05) is 0 Å². The number of ether oxygens (including phenoxy) is 3. The van der Waals surface area contributed by atoms with Gasteiger partial charge in [-0.2, -0.15) is 0 Å². The molecule has 178 valence electrons. The van der Waals surface area contributed by atoms with E-state index in [1.165, 1.54) is 19.2 Å². The average molecular weight is 468 g/mol. The quantitative estimate of drug-likeness (QED) is 0.550. The van der Waals surface area contributed by atoms with Gasteiger partial charge >= 0.3 is 0 Å². The predicted molar refractivity (Wildman–Crippen MR) is 122 cm³/mol. The van der Waals surface area contributed by atoms with Gasteiger partial charge in [0.1, 0.15) is 22.9 Å². The first-order valence-electron chi connectivity index (χ1n) is 11.1. The average Bonchev–Trinajstić information content (AvgIpc) is 3.15. The zero-order valence-corrected chi connectivity index (χ0v) is 19.0. The minimum atomic E-state index is -0.766. The summed E-state index contributed by atoms with van der Waals surface area (Å²) in [6.07, 6.45) is 0. The number of amides is 1. The van der Waals surface area contributed by atoms with E-state index in [-0.39, 0.29) is 28.2 Å². The van der Waals surface area contributed by atoms with Crippen LogP contribution in [0.1, 0.15) is 27.7 Å². The van der Waals surface area contributed by atoms with E-state index in [2.05, 4.69) is 4.90 Å². The van der Waals surface area contributed by atoms with Gasteiger partial charge in [0.15, 0.2) is 5.43 Å². The van der Waals surface area contributed by atoms with Crippen LogP contribution in [0.15, 0.2) is 45.6 Å². The Morgan fingerprint density at radius 3 is 2.56 bits per heavy atom. The maximum Gasteiger partial charge on any atom is 0.290 e. The fraction of sp³-hybridized carbons (Fsp3) is 0.360. The minimum absolute atomic E-state index is 0.0269. The maximum atomic E-state index is 14.0. The normalized spacial score (nSPS) is 18.4. The number of fused-ring (bicyclic) bond motifs is 2. The number of nitrogens with zero attached hydrogens (tertiary/aromatic N) is 2. The van der Waals surface area contributed by atoms with Gasteiger partial charge in [-0.25, -0.2) is 4.39 Å². The summed E-state index contributed by atoms with van der Waals surface area (Å²) in [7, 11) is 3.07. The molecule has 2 aliphatic rings. The van der Waals surface area contributed by atoms with Gasteiger partial charge in [-0.05, 0) is 36.4 Å². The molecule has 0 N–H and O–H groups in total. The van der Waals surface area contributed by atoms with Crippen molar-refractivity contribution in [2.24, 2.45) is 0 Å². The molecule has 0 unspecified atom stereocenters. The fourth-order valence-electron chi connectivity index (χ4n) is 4.67. The van der Waals surface area contributed by atoms with Crippen LogP contribution in [0.3, 0.4) is 0 Å². The van der Waals surface area contributed by atoms with Crippen LogP contribution in [0.4, 0.5) is 4.39 Å². The molecule has 1 atom stereocenters. The van der Waals surface area contributed by atoms with E-state index < -0.39 is 17.3 Å². The first-order chi connectivity index (χ1) is 16.5. The van der Waals surface area contributed by atoms with Crippen molar-refractivity contribution in [2.75, 3.05) is 53.6 Å². The number of morpholine rings is 1. The standard InChI is InChI=1S/C25H25FN2O6/c1-31-16-4-6-19(32-2)17(14-16)22-21-23(29)18-13-15(26)3-5-20(18)34-24(21)25(30)28(22)8-7-27-9-11-33-12-10-27/h3-6,13-14,22H,7-12H2,1-2H3/t22-/m0/s1. The highest BCUT2D eigenvalue weighted by Gasteiger charge is 2.44. The summed E-state index contributed by atoms with van der Waals surface area (Å²) in [5, 5.41) is 0.0912. The lowest BCUT2D eigenvalue weighted by Crippen LogP contribution is -2.42. The van der Waals surface area contributed by atoms with Gasteiger partial charge in [-0.15, -0.1) is 0 Å². The molecule has 1 amide bonds. The highest BCUT2D eigenvalue weighted by Crippen LogP contribution is 2.42. The minimum Gasteiger partial charge on any atom is -0.497 e. The van der Waals surface area contributed by atoms with Gasteiger partial charge in [-0.1, -0.05) is 0 Å². The van der Waals surface area contributed by atoms with Crippen molar-refractivity contribution in [1.29, 1.82) is 0 Å². The van der Waals surface area contributed by atoms with Gasteiger partial charge in [0.25, 0.3) is 5.91 Å². The van der Waals surface area contributed by atoms with Crippen molar-refractivity contribution in [1.82, 2.24) is 9.80 Å². The van der Waals surface area contributed by atoms with Crippen molar-refractivity contribution < 1.29 is 27.8 Å². The molecule has 0 spiro atoms. The van der Waals surface area contributed by atoms with Crippen molar-refractivity contribution in [3.8, 4) is 11.5 Å². The molecule has 2 aliphatic heterocycles. The number of hydrogen-bond donors (Lipinski definition) is 0. The van der Waals surface area contributed by atoms with Crippen LogP contribution < -0.4 is 14.9 Å². The maximum absolute atomic E-state index is 14.0. The summed E-state index contributed by atoms with van der Waals surface area (Å²) in [5.74, 6) is 0.0915. The Bertz CT molecular complexity index is 1300. The van der Waals surface area contributed by atoms with Crippen LogP contribution in [-0.2, 0) is 4.74 Å². The second-order valence-corrected chi connectivity index (χ2v) is 8.28. The van der Waals surface area contributed by atoms with Crippen LogP contribution in [0, 0.1) is 5.82 Å². The number of carbonyl (C=O) groups is 1. The summed E-state index contributed by atoms with van der Waals surface area (Å²) in [4.78, 5) is 31.0. The molecule has 9 heteroatoms.